The summed E-state index contributed by atoms with van der Waals surface area (Å²) < 4.78 is 7.54. The first-order valence-electron chi connectivity index (χ1n) is 6.40. The Kier molecular flexibility index (Phi) is 3.84. The van der Waals surface area contributed by atoms with Crippen molar-refractivity contribution in [3.63, 3.8) is 0 Å². The zero-order valence-electron chi connectivity index (χ0n) is 11.3. The summed E-state index contributed by atoms with van der Waals surface area (Å²) in [4.78, 5) is 0. The third kappa shape index (κ3) is 2.87. The highest BCUT2D eigenvalue weighted by Crippen LogP contribution is 2.16. The van der Waals surface area contributed by atoms with Gasteiger partial charge in [-0.25, -0.2) is 0 Å². The molecule has 0 bridgehead atoms. The van der Waals surface area contributed by atoms with Crippen molar-refractivity contribution in [2.75, 3.05) is 13.2 Å². The van der Waals surface area contributed by atoms with Gasteiger partial charge in [-0.2, -0.15) is 5.10 Å². The summed E-state index contributed by atoms with van der Waals surface area (Å²) in [7, 11) is 2.01. The largest absolute Gasteiger partial charge is 0.378 e. The van der Waals surface area contributed by atoms with Gasteiger partial charge in [-0.1, -0.05) is 0 Å². The van der Waals surface area contributed by atoms with Crippen LogP contribution in [0.15, 0.2) is 0 Å². The number of nitrogens with one attached hydrogen (secondary N) is 1. The second-order valence-corrected chi connectivity index (χ2v) is 5.11. The molecule has 1 saturated heterocycles. The number of ether oxygens (including phenoxy) is 1. The number of hydrogen-bond donors (Lipinski definition) is 1. The normalized spacial score (nSPS) is 25.2. The SMILES string of the molecule is Cc1nn(C)c(C)c1CCC1COCC(C)N1. The van der Waals surface area contributed by atoms with Crippen LogP contribution in [-0.2, 0) is 18.2 Å². The van der Waals surface area contributed by atoms with Crippen LogP contribution >= 0.6 is 0 Å². The van der Waals surface area contributed by atoms with E-state index in [2.05, 4.69) is 31.2 Å². The molecule has 1 aromatic heterocycles. The molecule has 17 heavy (non-hydrogen) atoms. The lowest BCUT2D eigenvalue weighted by Crippen LogP contribution is -2.47. The van der Waals surface area contributed by atoms with E-state index < -0.39 is 0 Å². The molecular weight excluding hydrogens is 214 g/mol. The Morgan fingerprint density at radius 3 is 2.76 bits per heavy atom. The van der Waals surface area contributed by atoms with Crippen LogP contribution in [0.5, 0.6) is 0 Å². The molecule has 2 unspecified atom stereocenters. The highest BCUT2D eigenvalue weighted by Gasteiger charge is 2.19. The van der Waals surface area contributed by atoms with E-state index in [4.69, 9.17) is 4.74 Å². The van der Waals surface area contributed by atoms with Crippen LogP contribution in [0, 0.1) is 13.8 Å². The van der Waals surface area contributed by atoms with Crippen molar-refractivity contribution >= 4 is 0 Å². The molecule has 4 heteroatoms. The van der Waals surface area contributed by atoms with Crippen molar-refractivity contribution in [3.8, 4) is 0 Å². The molecule has 1 aliphatic heterocycles. The molecule has 0 spiro atoms. The number of aromatic nitrogens is 2. The number of morpholine rings is 1. The predicted octanol–water partition coefficient (Wildman–Crippen LogP) is 1.35. The second kappa shape index (κ2) is 5.19. The molecule has 1 aromatic rings. The van der Waals surface area contributed by atoms with Crippen LogP contribution in [0.2, 0.25) is 0 Å². The Hall–Kier alpha value is -0.870. The van der Waals surface area contributed by atoms with Gasteiger partial charge in [-0.3, -0.25) is 4.68 Å². The van der Waals surface area contributed by atoms with Crippen molar-refractivity contribution < 1.29 is 4.74 Å². The van der Waals surface area contributed by atoms with Gasteiger partial charge in [0.2, 0.25) is 0 Å². The van der Waals surface area contributed by atoms with E-state index in [1.807, 2.05) is 11.7 Å². The molecule has 2 rings (SSSR count). The van der Waals surface area contributed by atoms with Gasteiger partial charge in [0.05, 0.1) is 18.9 Å². The zero-order valence-corrected chi connectivity index (χ0v) is 11.3. The number of aryl methyl sites for hydroxylation is 2. The van der Waals surface area contributed by atoms with Crippen molar-refractivity contribution in [1.29, 1.82) is 0 Å². The van der Waals surface area contributed by atoms with E-state index in [9.17, 15) is 0 Å². The molecule has 1 aliphatic rings. The Bertz CT molecular complexity index is 386. The number of nitrogens with zero attached hydrogens (tertiary/aromatic N) is 2. The molecule has 2 atom stereocenters. The summed E-state index contributed by atoms with van der Waals surface area (Å²) >= 11 is 0. The van der Waals surface area contributed by atoms with Gasteiger partial charge in [0.15, 0.2) is 0 Å². The maximum atomic E-state index is 5.57. The fourth-order valence-electron chi connectivity index (χ4n) is 2.55. The maximum absolute atomic E-state index is 5.57. The minimum atomic E-state index is 0.477. The van der Waals surface area contributed by atoms with E-state index >= 15 is 0 Å². The lowest BCUT2D eigenvalue weighted by Gasteiger charge is -2.29. The van der Waals surface area contributed by atoms with Crippen LogP contribution in [0.4, 0.5) is 0 Å². The Morgan fingerprint density at radius 2 is 2.18 bits per heavy atom. The van der Waals surface area contributed by atoms with Crippen LogP contribution in [0.1, 0.15) is 30.3 Å². The first-order valence-corrected chi connectivity index (χ1v) is 6.40. The molecule has 0 aromatic carbocycles. The molecule has 1 fully saturated rings. The molecule has 2 heterocycles. The first-order chi connectivity index (χ1) is 8.08. The summed E-state index contributed by atoms with van der Waals surface area (Å²) in [5.74, 6) is 0. The highest BCUT2D eigenvalue weighted by atomic mass is 16.5. The quantitative estimate of drug-likeness (QED) is 0.862. The van der Waals surface area contributed by atoms with Gasteiger partial charge >= 0.3 is 0 Å². The van der Waals surface area contributed by atoms with E-state index in [0.717, 1.165) is 31.7 Å². The Labute approximate surface area is 103 Å². The minimum absolute atomic E-state index is 0.477. The molecule has 0 amide bonds. The Morgan fingerprint density at radius 1 is 1.41 bits per heavy atom. The molecule has 0 radical (unpaired) electrons. The molecular formula is C13H23N3O. The first kappa shape index (κ1) is 12.6. The van der Waals surface area contributed by atoms with Gasteiger partial charge in [0, 0.05) is 24.8 Å². The monoisotopic (exact) mass is 237 g/mol. The Balaban J connectivity index is 1.93. The fraction of sp³-hybridized carbons (Fsp3) is 0.769. The highest BCUT2D eigenvalue weighted by molar-refractivity contribution is 5.24. The van der Waals surface area contributed by atoms with E-state index in [0.29, 0.717) is 12.1 Å². The summed E-state index contributed by atoms with van der Waals surface area (Å²) in [6.45, 7) is 8.08. The molecule has 1 N–H and O–H groups in total. The summed E-state index contributed by atoms with van der Waals surface area (Å²) in [5.41, 5.74) is 3.84. The average Bonchev–Trinajstić information content (AvgIpc) is 2.51. The standard InChI is InChI=1S/C13H23N3O/c1-9-7-17-8-12(14-9)5-6-13-10(2)15-16(4)11(13)3/h9,12,14H,5-8H2,1-4H3. The average molecular weight is 237 g/mol. The maximum Gasteiger partial charge on any atom is 0.0628 e. The lowest BCUT2D eigenvalue weighted by molar-refractivity contribution is 0.0483. The topological polar surface area (TPSA) is 39.1 Å². The van der Waals surface area contributed by atoms with Gasteiger partial charge in [-0.15, -0.1) is 0 Å². The number of hydrogen-bond acceptors (Lipinski definition) is 3. The van der Waals surface area contributed by atoms with Crippen LogP contribution in [0.3, 0.4) is 0 Å². The van der Waals surface area contributed by atoms with Crippen LogP contribution in [0.25, 0.3) is 0 Å². The third-order valence-corrected chi connectivity index (χ3v) is 3.61. The number of rotatable bonds is 3. The lowest BCUT2D eigenvalue weighted by atomic mass is 10.0. The molecule has 0 aliphatic carbocycles. The molecule has 0 saturated carbocycles. The zero-order chi connectivity index (χ0) is 12.4. The van der Waals surface area contributed by atoms with Gasteiger partial charge in [0.25, 0.3) is 0 Å². The van der Waals surface area contributed by atoms with Crippen LogP contribution < -0.4 is 5.32 Å². The second-order valence-electron chi connectivity index (χ2n) is 5.11. The van der Waals surface area contributed by atoms with Gasteiger partial charge in [-0.05, 0) is 39.2 Å². The smallest absolute Gasteiger partial charge is 0.0628 e. The fourth-order valence-corrected chi connectivity index (χ4v) is 2.55. The van der Waals surface area contributed by atoms with Gasteiger partial charge in [0.1, 0.15) is 0 Å². The van der Waals surface area contributed by atoms with Crippen LogP contribution in [-0.4, -0.2) is 35.1 Å². The molecule has 96 valence electrons. The van der Waals surface area contributed by atoms with Crippen molar-refractivity contribution in [1.82, 2.24) is 15.1 Å². The predicted molar refractivity (Wildman–Crippen MR) is 68.2 cm³/mol. The van der Waals surface area contributed by atoms with Gasteiger partial charge < -0.3 is 10.1 Å². The summed E-state index contributed by atoms with van der Waals surface area (Å²) in [6.07, 6.45) is 2.21. The minimum Gasteiger partial charge on any atom is -0.378 e. The van der Waals surface area contributed by atoms with Crippen molar-refractivity contribution in [2.45, 2.75) is 45.7 Å². The summed E-state index contributed by atoms with van der Waals surface area (Å²) in [6, 6.07) is 0.961. The van der Waals surface area contributed by atoms with E-state index in [1.54, 1.807) is 0 Å². The van der Waals surface area contributed by atoms with E-state index in [-0.39, 0.29) is 0 Å². The van der Waals surface area contributed by atoms with E-state index in [1.165, 1.54) is 11.3 Å². The van der Waals surface area contributed by atoms with Crippen molar-refractivity contribution in [3.05, 3.63) is 17.0 Å². The van der Waals surface area contributed by atoms with Crippen molar-refractivity contribution in [2.24, 2.45) is 7.05 Å². The third-order valence-electron chi connectivity index (χ3n) is 3.61. The molecule has 4 nitrogen and oxygen atoms in total. The summed E-state index contributed by atoms with van der Waals surface area (Å²) in [5, 5.41) is 8.03.